The average Bonchev–Trinajstić information content (AvgIpc) is 2.15. The van der Waals surface area contributed by atoms with Crippen LogP contribution in [0.15, 0.2) is 17.1 Å². The van der Waals surface area contributed by atoms with Crippen LogP contribution in [0.1, 0.15) is 0 Å². The van der Waals surface area contributed by atoms with Gasteiger partial charge < -0.3 is 5.73 Å². The Labute approximate surface area is 61.8 Å². The first kappa shape index (κ1) is 6.81. The summed E-state index contributed by atoms with van der Waals surface area (Å²) in [4.78, 5) is 11.8. The number of H-pyrrole nitrogens is 1. The van der Waals surface area contributed by atoms with Gasteiger partial charge in [-0.3, -0.25) is 15.3 Å². The van der Waals surface area contributed by atoms with Crippen LogP contribution in [0.4, 0.5) is 0 Å². The lowest BCUT2D eigenvalue weighted by atomic mass is 10.7. The number of aromatic amines is 1. The maximum atomic E-state index is 10.7. The Morgan fingerprint density at radius 2 is 2.60 bits per heavy atom. The van der Waals surface area contributed by atoms with E-state index in [1.165, 1.54) is 12.3 Å². The van der Waals surface area contributed by atoms with Gasteiger partial charge >= 0.3 is 0 Å². The molecule has 6 heteroatoms. The minimum atomic E-state index is -0.229. The van der Waals surface area contributed by atoms with Crippen LogP contribution in [0.5, 0.6) is 0 Å². The molecule has 0 amide bonds. The van der Waals surface area contributed by atoms with Gasteiger partial charge in [0.05, 0.1) is 0 Å². The van der Waals surface area contributed by atoms with Gasteiger partial charge in [0.25, 0.3) is 5.56 Å². The van der Waals surface area contributed by atoms with Crippen LogP contribution in [0, 0.1) is 0 Å². The summed E-state index contributed by atoms with van der Waals surface area (Å²) in [5.41, 5.74) is 7.28. The molecule has 1 aromatic heterocycles. The molecule has 0 radical (unpaired) electrons. The van der Waals surface area contributed by atoms with Crippen molar-refractivity contribution in [2.45, 2.75) is 0 Å². The number of aromatic nitrogens is 2. The second-order valence-electron chi connectivity index (χ2n) is 1.61. The molecule has 54 valence electrons. The Kier molecular flexibility index (Phi) is 1.72. The van der Waals surface area contributed by atoms with E-state index in [-0.39, 0.29) is 10.7 Å². The molecule has 0 atom stereocenters. The number of thiocarbonyl (C=S) groups is 1. The smallest absolute Gasteiger partial charge is 0.285 e. The van der Waals surface area contributed by atoms with E-state index in [1.54, 1.807) is 0 Å². The maximum Gasteiger partial charge on any atom is 0.285 e. The predicted octanol–water partition coefficient (Wildman–Crippen LogP) is -1.04. The summed E-state index contributed by atoms with van der Waals surface area (Å²) in [7, 11) is 0. The Morgan fingerprint density at radius 1 is 1.90 bits per heavy atom. The second kappa shape index (κ2) is 2.53. The lowest BCUT2D eigenvalue weighted by molar-refractivity contribution is 0.787. The van der Waals surface area contributed by atoms with Crippen LogP contribution < -0.4 is 16.7 Å². The highest BCUT2D eigenvalue weighted by Crippen LogP contribution is 1.67. The van der Waals surface area contributed by atoms with Crippen molar-refractivity contribution in [3.05, 3.63) is 22.6 Å². The summed E-state index contributed by atoms with van der Waals surface area (Å²) in [5, 5.41) is 2.61. The van der Waals surface area contributed by atoms with Gasteiger partial charge in [-0.05, 0) is 12.2 Å². The zero-order valence-electron chi connectivity index (χ0n) is 5.00. The molecular weight excluding hydrogens is 152 g/mol. The van der Waals surface area contributed by atoms with Crippen molar-refractivity contribution >= 4 is 17.3 Å². The fourth-order valence-corrected chi connectivity index (χ4v) is 0.610. The molecule has 1 heterocycles. The van der Waals surface area contributed by atoms with Crippen LogP contribution >= 0.6 is 12.2 Å². The fourth-order valence-electron chi connectivity index (χ4n) is 0.519. The Bertz CT molecular complexity index is 287. The molecule has 0 fully saturated rings. The van der Waals surface area contributed by atoms with Gasteiger partial charge in [0, 0.05) is 12.3 Å². The van der Waals surface area contributed by atoms with Crippen molar-refractivity contribution in [2.75, 3.05) is 5.43 Å². The van der Waals surface area contributed by atoms with Gasteiger partial charge in [-0.2, -0.15) is 4.79 Å². The summed E-state index contributed by atoms with van der Waals surface area (Å²) in [6, 6.07) is 1.35. The van der Waals surface area contributed by atoms with Gasteiger partial charge in [-0.1, -0.05) is 0 Å². The lowest BCUT2D eigenvalue weighted by Gasteiger charge is -2.00. The normalized spacial score (nSPS) is 9.20. The third kappa shape index (κ3) is 1.35. The molecule has 5 nitrogen and oxygen atoms in total. The highest BCUT2D eigenvalue weighted by molar-refractivity contribution is 7.80. The summed E-state index contributed by atoms with van der Waals surface area (Å²) in [6.45, 7) is 0. The molecule has 10 heavy (non-hydrogen) atoms. The zero-order valence-corrected chi connectivity index (χ0v) is 5.81. The van der Waals surface area contributed by atoms with Gasteiger partial charge in [-0.25, -0.2) is 0 Å². The van der Waals surface area contributed by atoms with E-state index in [9.17, 15) is 4.79 Å². The third-order valence-corrected chi connectivity index (χ3v) is 0.963. The molecule has 1 aromatic rings. The van der Waals surface area contributed by atoms with Gasteiger partial charge in [0.2, 0.25) is 0 Å². The van der Waals surface area contributed by atoms with Crippen LogP contribution in [0.2, 0.25) is 0 Å². The summed E-state index contributed by atoms with van der Waals surface area (Å²) < 4.78 is 0. The molecule has 0 saturated heterocycles. The highest BCUT2D eigenvalue weighted by Gasteiger charge is 1.92. The molecule has 0 aromatic carbocycles. The van der Waals surface area contributed by atoms with Crippen LogP contribution in [0.3, 0.4) is 0 Å². The molecule has 0 aliphatic carbocycles. The summed E-state index contributed by atoms with van der Waals surface area (Å²) in [5.74, 6) is 0. The van der Waals surface area contributed by atoms with Crippen LogP contribution in [0.25, 0.3) is 0 Å². The van der Waals surface area contributed by atoms with Crippen molar-refractivity contribution in [1.82, 2.24) is 9.89 Å². The van der Waals surface area contributed by atoms with E-state index >= 15 is 0 Å². The lowest BCUT2D eigenvalue weighted by Crippen LogP contribution is -2.34. The highest BCUT2D eigenvalue weighted by atomic mass is 32.1. The number of nitrogens with zero attached hydrogens (tertiary/aromatic N) is 1. The monoisotopic (exact) mass is 158 g/mol. The quantitative estimate of drug-likeness (QED) is 0.456. The molecule has 0 spiro atoms. The van der Waals surface area contributed by atoms with Crippen molar-refractivity contribution in [2.24, 2.45) is 5.73 Å². The largest absolute Gasteiger partial charge is 0.375 e. The molecule has 4 N–H and O–H groups in total. The third-order valence-electron chi connectivity index (χ3n) is 0.872. The minimum Gasteiger partial charge on any atom is -0.375 e. The Hall–Kier alpha value is -1.30. The number of hydrogen-bond acceptors (Lipinski definition) is 2. The van der Waals surface area contributed by atoms with E-state index in [2.05, 4.69) is 22.7 Å². The number of rotatable bonds is 1. The van der Waals surface area contributed by atoms with E-state index in [4.69, 9.17) is 5.73 Å². The van der Waals surface area contributed by atoms with E-state index in [1.807, 2.05) is 0 Å². The van der Waals surface area contributed by atoms with Crippen molar-refractivity contribution in [1.29, 1.82) is 0 Å². The van der Waals surface area contributed by atoms with E-state index < -0.39 is 0 Å². The standard InChI is InChI=1S/C4H6N4OS/c5-4(10)7-8-3(9)1-2-6-8/h1-2,6H,(H3,5,7,10). The average molecular weight is 158 g/mol. The molecule has 1 rings (SSSR count). The Balaban J connectivity index is 2.85. The minimum absolute atomic E-state index is 0.0459. The zero-order chi connectivity index (χ0) is 7.56. The summed E-state index contributed by atoms with van der Waals surface area (Å²) >= 11 is 4.49. The first-order chi connectivity index (χ1) is 4.70. The number of hydrogen-bond donors (Lipinski definition) is 3. The first-order valence-corrected chi connectivity index (χ1v) is 2.94. The van der Waals surface area contributed by atoms with Gasteiger partial charge in [0.15, 0.2) is 5.11 Å². The topological polar surface area (TPSA) is 75.8 Å². The van der Waals surface area contributed by atoms with Crippen molar-refractivity contribution < 1.29 is 0 Å². The molecular formula is C4H6N4OS. The Morgan fingerprint density at radius 3 is 3.00 bits per heavy atom. The van der Waals surface area contributed by atoms with Crippen LogP contribution in [-0.4, -0.2) is 15.0 Å². The van der Waals surface area contributed by atoms with Crippen molar-refractivity contribution in [3.63, 3.8) is 0 Å². The first-order valence-electron chi connectivity index (χ1n) is 2.53. The predicted molar refractivity (Wildman–Crippen MR) is 41.2 cm³/mol. The molecule has 0 unspecified atom stereocenters. The molecule has 0 bridgehead atoms. The molecule has 0 aliphatic heterocycles. The number of nitrogens with one attached hydrogen (secondary N) is 2. The molecule has 0 aliphatic rings. The maximum absolute atomic E-state index is 10.7. The van der Waals surface area contributed by atoms with E-state index in [0.29, 0.717) is 0 Å². The van der Waals surface area contributed by atoms with E-state index in [0.717, 1.165) is 4.79 Å². The summed E-state index contributed by atoms with van der Waals surface area (Å²) in [6.07, 6.45) is 1.48. The fraction of sp³-hybridized carbons (Fsp3) is 0. The van der Waals surface area contributed by atoms with Crippen LogP contribution in [-0.2, 0) is 0 Å². The van der Waals surface area contributed by atoms with Gasteiger partial charge in [-0.15, -0.1) is 0 Å². The van der Waals surface area contributed by atoms with Crippen molar-refractivity contribution in [3.8, 4) is 0 Å². The SMILES string of the molecule is NC(=S)Nn1[nH]ccc1=O. The van der Waals surface area contributed by atoms with Gasteiger partial charge in [0.1, 0.15) is 0 Å². The number of nitrogens with two attached hydrogens (primary N) is 1. The second-order valence-corrected chi connectivity index (χ2v) is 2.05. The molecule has 0 saturated carbocycles.